The van der Waals surface area contributed by atoms with Gasteiger partial charge in [0.05, 0.1) is 5.02 Å². The predicted octanol–water partition coefficient (Wildman–Crippen LogP) is 4.07. The van der Waals surface area contributed by atoms with Crippen LogP contribution in [-0.4, -0.2) is 34.9 Å². The molecule has 1 aromatic carbocycles. The molecule has 5 heteroatoms. The molecule has 1 amide bonds. The molecular weight excluding hydrogens is 334 g/mol. The maximum absolute atomic E-state index is 12.4. The van der Waals surface area contributed by atoms with Gasteiger partial charge in [0.1, 0.15) is 0 Å². The van der Waals surface area contributed by atoms with Gasteiger partial charge in [0.2, 0.25) is 0 Å². The number of nitrogens with zero attached hydrogens (tertiary/aromatic N) is 1. The second-order valence-corrected chi connectivity index (χ2v) is 6.95. The summed E-state index contributed by atoms with van der Waals surface area (Å²) in [5.41, 5.74) is 0.702. The summed E-state index contributed by atoms with van der Waals surface area (Å²) in [4.78, 5) is 14.3. The number of halogens is 2. The summed E-state index contributed by atoms with van der Waals surface area (Å²) >= 11 is 11.3. The van der Waals surface area contributed by atoms with Crippen LogP contribution in [-0.2, 0) is 0 Å². The molecule has 18 heavy (non-hydrogen) atoms. The normalized spacial score (nSPS) is 19.9. The Hall–Kier alpha value is -0.190. The molecule has 0 spiro atoms. The van der Waals surface area contributed by atoms with Gasteiger partial charge in [-0.3, -0.25) is 4.79 Å². The molecular formula is C13H15BrClNOS. The zero-order valence-corrected chi connectivity index (χ0v) is 13.3. The molecule has 1 aliphatic rings. The number of hydrogen-bond acceptors (Lipinski definition) is 2. The van der Waals surface area contributed by atoms with E-state index < -0.39 is 0 Å². The fourth-order valence-electron chi connectivity index (χ4n) is 1.96. The highest BCUT2D eigenvalue weighted by Gasteiger charge is 2.24. The quantitative estimate of drug-likeness (QED) is 0.803. The lowest BCUT2D eigenvalue weighted by atomic mass is 10.2. The van der Waals surface area contributed by atoms with Crippen molar-refractivity contribution < 1.29 is 4.79 Å². The van der Waals surface area contributed by atoms with Gasteiger partial charge in [0.15, 0.2) is 0 Å². The van der Waals surface area contributed by atoms with Gasteiger partial charge in [-0.2, -0.15) is 11.8 Å². The van der Waals surface area contributed by atoms with Crippen LogP contribution < -0.4 is 0 Å². The first kappa shape index (κ1) is 14.2. The van der Waals surface area contributed by atoms with E-state index in [9.17, 15) is 4.79 Å². The first-order valence-electron chi connectivity index (χ1n) is 5.97. The van der Waals surface area contributed by atoms with Crippen molar-refractivity contribution in [3.8, 4) is 0 Å². The molecule has 1 saturated heterocycles. The Balaban J connectivity index is 2.12. The average Bonchev–Trinajstić information content (AvgIpc) is 2.41. The van der Waals surface area contributed by atoms with Gasteiger partial charge < -0.3 is 4.90 Å². The molecule has 0 aromatic heterocycles. The standard InChI is InChI=1S/C13H15BrClNOS/c1-2-10-8-16(5-6-18-10)13(17)9-3-4-12(15)11(14)7-9/h3-4,7,10H,2,5-6,8H2,1H3. The Bertz CT molecular complexity index is 455. The van der Waals surface area contributed by atoms with Crippen LogP contribution >= 0.6 is 39.3 Å². The number of thioether (sulfide) groups is 1. The molecule has 1 aromatic rings. The molecule has 1 heterocycles. The van der Waals surface area contributed by atoms with Crippen molar-refractivity contribution in [3.63, 3.8) is 0 Å². The summed E-state index contributed by atoms with van der Waals surface area (Å²) < 4.78 is 0.772. The summed E-state index contributed by atoms with van der Waals surface area (Å²) in [5.74, 6) is 1.13. The van der Waals surface area contributed by atoms with Crippen LogP contribution in [0.15, 0.2) is 22.7 Å². The van der Waals surface area contributed by atoms with Crippen molar-refractivity contribution in [2.45, 2.75) is 18.6 Å². The van der Waals surface area contributed by atoms with Crippen LogP contribution in [0.4, 0.5) is 0 Å². The highest BCUT2D eigenvalue weighted by molar-refractivity contribution is 9.10. The van der Waals surface area contributed by atoms with Gasteiger partial charge in [0, 0.05) is 34.1 Å². The minimum Gasteiger partial charge on any atom is -0.337 e. The molecule has 1 fully saturated rings. The van der Waals surface area contributed by atoms with Crippen LogP contribution in [0, 0.1) is 0 Å². The molecule has 98 valence electrons. The molecule has 1 unspecified atom stereocenters. The summed E-state index contributed by atoms with van der Waals surface area (Å²) in [6.07, 6.45) is 1.11. The van der Waals surface area contributed by atoms with Crippen LogP contribution in [0.1, 0.15) is 23.7 Å². The number of carbonyl (C=O) groups excluding carboxylic acids is 1. The zero-order chi connectivity index (χ0) is 13.1. The van der Waals surface area contributed by atoms with Gasteiger partial charge >= 0.3 is 0 Å². The molecule has 0 saturated carbocycles. The van der Waals surface area contributed by atoms with E-state index in [1.54, 1.807) is 18.2 Å². The first-order valence-corrected chi connectivity index (χ1v) is 8.19. The van der Waals surface area contributed by atoms with Crippen molar-refractivity contribution in [2.75, 3.05) is 18.8 Å². The number of amides is 1. The first-order chi connectivity index (χ1) is 8.61. The molecule has 0 aliphatic carbocycles. The summed E-state index contributed by atoms with van der Waals surface area (Å²) in [5, 5.41) is 1.20. The van der Waals surface area contributed by atoms with E-state index in [1.165, 1.54) is 0 Å². The third-order valence-electron chi connectivity index (χ3n) is 3.05. The number of hydrogen-bond donors (Lipinski definition) is 0. The van der Waals surface area contributed by atoms with E-state index in [4.69, 9.17) is 11.6 Å². The molecule has 1 aliphatic heterocycles. The Labute approximate surface area is 125 Å². The van der Waals surface area contributed by atoms with E-state index in [2.05, 4.69) is 22.9 Å². The highest BCUT2D eigenvalue weighted by atomic mass is 79.9. The van der Waals surface area contributed by atoms with Gasteiger partial charge in [-0.25, -0.2) is 0 Å². The Kier molecular flexibility index (Phi) is 4.98. The van der Waals surface area contributed by atoms with Crippen LogP contribution in [0.3, 0.4) is 0 Å². The van der Waals surface area contributed by atoms with Crippen LogP contribution in [0.5, 0.6) is 0 Å². The second kappa shape index (κ2) is 6.31. The van der Waals surface area contributed by atoms with Crippen molar-refractivity contribution in [1.82, 2.24) is 4.90 Å². The largest absolute Gasteiger partial charge is 0.337 e. The topological polar surface area (TPSA) is 20.3 Å². The molecule has 0 radical (unpaired) electrons. The lowest BCUT2D eigenvalue weighted by Gasteiger charge is -2.32. The lowest BCUT2D eigenvalue weighted by Crippen LogP contribution is -2.41. The Morgan fingerprint density at radius 1 is 1.61 bits per heavy atom. The average molecular weight is 349 g/mol. The number of carbonyl (C=O) groups is 1. The van der Waals surface area contributed by atoms with Crippen molar-refractivity contribution in [2.24, 2.45) is 0 Å². The number of benzene rings is 1. The summed E-state index contributed by atoms with van der Waals surface area (Å²) in [6.45, 7) is 3.85. The van der Waals surface area contributed by atoms with E-state index in [1.807, 2.05) is 16.7 Å². The minimum atomic E-state index is 0.103. The Morgan fingerprint density at radius 3 is 3.06 bits per heavy atom. The maximum atomic E-state index is 12.4. The van der Waals surface area contributed by atoms with Crippen LogP contribution in [0.25, 0.3) is 0 Å². The fourth-order valence-corrected chi connectivity index (χ4v) is 3.64. The number of rotatable bonds is 2. The van der Waals surface area contributed by atoms with Crippen molar-refractivity contribution in [3.05, 3.63) is 33.3 Å². The third kappa shape index (κ3) is 3.22. The van der Waals surface area contributed by atoms with Gasteiger partial charge in [-0.15, -0.1) is 0 Å². The van der Waals surface area contributed by atoms with Crippen LogP contribution in [0.2, 0.25) is 5.02 Å². The molecule has 0 N–H and O–H groups in total. The smallest absolute Gasteiger partial charge is 0.253 e. The molecule has 0 bridgehead atoms. The summed E-state index contributed by atoms with van der Waals surface area (Å²) in [7, 11) is 0. The Morgan fingerprint density at radius 2 is 2.39 bits per heavy atom. The van der Waals surface area contributed by atoms with Gasteiger partial charge in [-0.05, 0) is 40.5 Å². The fraction of sp³-hybridized carbons (Fsp3) is 0.462. The van der Waals surface area contributed by atoms with E-state index in [0.717, 1.165) is 29.7 Å². The van der Waals surface area contributed by atoms with Crippen molar-refractivity contribution in [1.29, 1.82) is 0 Å². The summed E-state index contributed by atoms with van der Waals surface area (Å²) in [6, 6.07) is 5.35. The monoisotopic (exact) mass is 347 g/mol. The molecule has 1 atom stereocenters. The highest BCUT2D eigenvalue weighted by Crippen LogP contribution is 2.26. The van der Waals surface area contributed by atoms with E-state index >= 15 is 0 Å². The van der Waals surface area contributed by atoms with Gasteiger partial charge in [-0.1, -0.05) is 18.5 Å². The predicted molar refractivity (Wildman–Crippen MR) is 81.6 cm³/mol. The van der Waals surface area contributed by atoms with E-state index in [-0.39, 0.29) is 5.91 Å². The minimum absolute atomic E-state index is 0.103. The second-order valence-electron chi connectivity index (χ2n) is 4.28. The molecule has 2 rings (SSSR count). The SMILES string of the molecule is CCC1CN(C(=O)c2ccc(Cl)c(Br)c2)CCS1. The zero-order valence-electron chi connectivity index (χ0n) is 10.2. The van der Waals surface area contributed by atoms with Gasteiger partial charge in [0.25, 0.3) is 5.91 Å². The third-order valence-corrected chi connectivity index (χ3v) is 5.63. The van der Waals surface area contributed by atoms with Crippen molar-refractivity contribution >= 4 is 45.2 Å². The molecule has 2 nitrogen and oxygen atoms in total. The van der Waals surface area contributed by atoms with E-state index in [0.29, 0.717) is 15.8 Å². The maximum Gasteiger partial charge on any atom is 0.253 e. The lowest BCUT2D eigenvalue weighted by molar-refractivity contribution is 0.0761.